The van der Waals surface area contributed by atoms with Crippen LogP contribution in [0.4, 0.5) is 5.69 Å². The number of rotatable bonds is 9. The fourth-order valence-electron chi connectivity index (χ4n) is 2.19. The SMILES string of the molecule is CCCCCCCCCC(=O)Nc1c(C)cc(Cl)nc1Cl. The first kappa shape index (κ1) is 18.2. The number of anilines is 1. The molecule has 0 aliphatic heterocycles. The van der Waals surface area contributed by atoms with E-state index in [0.29, 0.717) is 17.3 Å². The van der Waals surface area contributed by atoms with E-state index < -0.39 is 0 Å². The summed E-state index contributed by atoms with van der Waals surface area (Å²) in [5, 5.41) is 3.40. The minimum absolute atomic E-state index is 0.0160. The topological polar surface area (TPSA) is 42.0 Å². The standard InChI is InChI=1S/C16H24Cl2N2O/c1-3-4-5-6-7-8-9-10-14(21)20-15-12(2)11-13(17)19-16(15)18/h11H,3-10H2,1-2H3,(H,20,21). The van der Waals surface area contributed by atoms with Crippen molar-refractivity contribution in [2.24, 2.45) is 0 Å². The van der Waals surface area contributed by atoms with Crippen LogP contribution in [0.2, 0.25) is 10.3 Å². The highest BCUT2D eigenvalue weighted by molar-refractivity contribution is 6.34. The summed E-state index contributed by atoms with van der Waals surface area (Å²) in [4.78, 5) is 15.8. The number of nitrogens with one attached hydrogen (secondary N) is 1. The van der Waals surface area contributed by atoms with Gasteiger partial charge in [0.1, 0.15) is 5.15 Å². The molecule has 1 aromatic rings. The monoisotopic (exact) mass is 330 g/mol. The summed E-state index contributed by atoms with van der Waals surface area (Å²) in [5.74, 6) is -0.0160. The first-order chi connectivity index (χ1) is 10.0. The van der Waals surface area contributed by atoms with Gasteiger partial charge in [0.2, 0.25) is 5.91 Å². The van der Waals surface area contributed by atoms with Crippen molar-refractivity contribution in [3.63, 3.8) is 0 Å². The lowest BCUT2D eigenvalue weighted by molar-refractivity contribution is -0.116. The summed E-state index contributed by atoms with van der Waals surface area (Å²) in [5.41, 5.74) is 1.39. The van der Waals surface area contributed by atoms with Crippen molar-refractivity contribution in [1.29, 1.82) is 0 Å². The van der Waals surface area contributed by atoms with Crippen LogP contribution in [0.1, 0.15) is 63.9 Å². The van der Waals surface area contributed by atoms with Gasteiger partial charge in [-0.05, 0) is 25.0 Å². The lowest BCUT2D eigenvalue weighted by atomic mass is 10.1. The summed E-state index contributed by atoms with van der Waals surface area (Å²) in [6, 6.07) is 1.69. The van der Waals surface area contributed by atoms with Crippen molar-refractivity contribution in [2.75, 3.05) is 5.32 Å². The molecule has 0 atom stereocenters. The Morgan fingerprint density at radius 2 is 1.76 bits per heavy atom. The zero-order chi connectivity index (χ0) is 15.7. The zero-order valence-corrected chi connectivity index (χ0v) is 14.4. The maximum absolute atomic E-state index is 11.9. The minimum Gasteiger partial charge on any atom is -0.323 e. The van der Waals surface area contributed by atoms with E-state index in [-0.39, 0.29) is 11.1 Å². The third kappa shape index (κ3) is 7.14. The maximum Gasteiger partial charge on any atom is 0.224 e. The number of hydrogen-bond acceptors (Lipinski definition) is 2. The zero-order valence-electron chi connectivity index (χ0n) is 12.8. The average molecular weight is 331 g/mol. The van der Waals surface area contributed by atoms with Gasteiger partial charge in [-0.3, -0.25) is 4.79 Å². The lowest BCUT2D eigenvalue weighted by Gasteiger charge is -2.10. The predicted molar refractivity (Wildman–Crippen MR) is 90.2 cm³/mol. The molecule has 1 heterocycles. The lowest BCUT2D eigenvalue weighted by Crippen LogP contribution is -2.13. The molecule has 1 amide bonds. The molecule has 0 spiro atoms. The van der Waals surface area contributed by atoms with E-state index in [0.717, 1.165) is 18.4 Å². The van der Waals surface area contributed by atoms with Gasteiger partial charge in [0.15, 0.2) is 5.15 Å². The molecule has 1 rings (SSSR count). The number of pyridine rings is 1. The van der Waals surface area contributed by atoms with Gasteiger partial charge in [0.25, 0.3) is 0 Å². The molecule has 3 nitrogen and oxygen atoms in total. The first-order valence-electron chi connectivity index (χ1n) is 7.67. The fourth-order valence-corrected chi connectivity index (χ4v) is 2.77. The van der Waals surface area contributed by atoms with Crippen molar-refractivity contribution < 1.29 is 4.79 Å². The van der Waals surface area contributed by atoms with E-state index >= 15 is 0 Å². The smallest absolute Gasteiger partial charge is 0.224 e. The van der Waals surface area contributed by atoms with Gasteiger partial charge in [-0.25, -0.2) is 4.98 Å². The Hall–Kier alpha value is -0.800. The molecule has 1 aromatic heterocycles. The minimum atomic E-state index is -0.0160. The number of aryl methyl sites for hydroxylation is 1. The van der Waals surface area contributed by atoms with Crippen molar-refractivity contribution >= 4 is 34.8 Å². The highest BCUT2D eigenvalue weighted by Gasteiger charge is 2.10. The van der Waals surface area contributed by atoms with Gasteiger partial charge in [-0.15, -0.1) is 0 Å². The summed E-state index contributed by atoms with van der Waals surface area (Å²) in [6.45, 7) is 4.06. The van der Waals surface area contributed by atoms with E-state index in [2.05, 4.69) is 17.2 Å². The molecule has 5 heteroatoms. The third-order valence-electron chi connectivity index (χ3n) is 3.41. The summed E-state index contributed by atoms with van der Waals surface area (Å²) < 4.78 is 0. The van der Waals surface area contributed by atoms with Gasteiger partial charge in [-0.1, -0.05) is 68.7 Å². The normalized spacial score (nSPS) is 10.7. The molecule has 118 valence electrons. The van der Waals surface area contributed by atoms with Crippen LogP contribution in [0.15, 0.2) is 6.07 Å². The number of hydrogen-bond donors (Lipinski definition) is 1. The largest absolute Gasteiger partial charge is 0.323 e. The second-order valence-electron chi connectivity index (χ2n) is 5.35. The summed E-state index contributed by atoms with van der Waals surface area (Å²) >= 11 is 11.8. The molecular weight excluding hydrogens is 307 g/mol. The van der Waals surface area contributed by atoms with Crippen LogP contribution in [-0.2, 0) is 4.79 Å². The van der Waals surface area contributed by atoms with Crippen LogP contribution in [0.3, 0.4) is 0 Å². The van der Waals surface area contributed by atoms with Crippen LogP contribution >= 0.6 is 23.2 Å². The second-order valence-corrected chi connectivity index (χ2v) is 6.09. The number of amides is 1. The Morgan fingerprint density at radius 1 is 1.14 bits per heavy atom. The molecule has 1 N–H and O–H groups in total. The van der Waals surface area contributed by atoms with Gasteiger partial charge in [0, 0.05) is 6.42 Å². The molecule has 0 radical (unpaired) electrons. The number of unbranched alkanes of at least 4 members (excludes halogenated alkanes) is 6. The van der Waals surface area contributed by atoms with Gasteiger partial charge in [-0.2, -0.15) is 0 Å². The molecular formula is C16H24Cl2N2O. The summed E-state index contributed by atoms with van der Waals surface area (Å²) in [6.07, 6.45) is 8.87. The highest BCUT2D eigenvalue weighted by atomic mass is 35.5. The fraction of sp³-hybridized carbons (Fsp3) is 0.625. The molecule has 0 aromatic carbocycles. The highest BCUT2D eigenvalue weighted by Crippen LogP contribution is 2.26. The van der Waals surface area contributed by atoms with Crippen LogP contribution in [-0.4, -0.2) is 10.9 Å². The maximum atomic E-state index is 11.9. The van der Waals surface area contributed by atoms with E-state index in [9.17, 15) is 4.79 Å². The van der Waals surface area contributed by atoms with Crippen LogP contribution in [0.25, 0.3) is 0 Å². The molecule has 0 aliphatic carbocycles. The summed E-state index contributed by atoms with van der Waals surface area (Å²) in [7, 11) is 0. The predicted octanol–water partition coefficient (Wildman–Crippen LogP) is 5.78. The number of nitrogens with zero attached hydrogens (tertiary/aromatic N) is 1. The Bertz CT molecular complexity index is 441. The third-order valence-corrected chi connectivity index (χ3v) is 3.88. The van der Waals surface area contributed by atoms with Crippen molar-refractivity contribution in [1.82, 2.24) is 4.98 Å². The molecule has 0 bridgehead atoms. The van der Waals surface area contributed by atoms with E-state index in [1.807, 2.05) is 6.92 Å². The van der Waals surface area contributed by atoms with Crippen LogP contribution in [0.5, 0.6) is 0 Å². The molecule has 0 aliphatic rings. The van der Waals surface area contributed by atoms with Crippen LogP contribution < -0.4 is 5.32 Å². The number of carbonyl (C=O) groups excluding carboxylic acids is 1. The van der Waals surface area contributed by atoms with Gasteiger partial charge < -0.3 is 5.32 Å². The molecule has 0 saturated carbocycles. The molecule has 21 heavy (non-hydrogen) atoms. The molecule has 0 saturated heterocycles. The van der Waals surface area contributed by atoms with Gasteiger partial charge in [0.05, 0.1) is 5.69 Å². The van der Waals surface area contributed by atoms with Crippen molar-refractivity contribution in [3.05, 3.63) is 21.9 Å². The van der Waals surface area contributed by atoms with Crippen molar-refractivity contribution in [2.45, 2.75) is 65.2 Å². The van der Waals surface area contributed by atoms with Gasteiger partial charge >= 0.3 is 0 Å². The van der Waals surface area contributed by atoms with E-state index in [4.69, 9.17) is 23.2 Å². The van der Waals surface area contributed by atoms with Crippen LogP contribution in [0, 0.1) is 6.92 Å². The Kier molecular flexibility index (Phi) is 8.70. The second kappa shape index (κ2) is 10.0. The van der Waals surface area contributed by atoms with Crippen molar-refractivity contribution in [3.8, 4) is 0 Å². The number of aromatic nitrogens is 1. The number of carbonyl (C=O) groups is 1. The first-order valence-corrected chi connectivity index (χ1v) is 8.42. The van der Waals surface area contributed by atoms with E-state index in [1.54, 1.807) is 6.07 Å². The average Bonchev–Trinajstić information content (AvgIpc) is 2.42. The quantitative estimate of drug-likeness (QED) is 0.460. The Labute approximate surface area is 137 Å². The Balaban J connectivity index is 2.28. The molecule has 0 fully saturated rings. The molecule has 0 unspecified atom stereocenters. The number of halogens is 2. The van der Waals surface area contributed by atoms with E-state index in [1.165, 1.54) is 32.1 Å². The Morgan fingerprint density at radius 3 is 2.38 bits per heavy atom.